The number of carbonyl (C=O) groups excluding carboxylic acids is 2. The second-order valence-electron chi connectivity index (χ2n) is 19.6. The monoisotopic (exact) mass is 902 g/mol. The number of carbonyl (C=O) groups is 2. The van der Waals surface area contributed by atoms with Gasteiger partial charge >= 0.3 is 5.97 Å². The molecule has 3 N–H and O–H groups in total. The van der Waals surface area contributed by atoms with Crippen molar-refractivity contribution in [2.75, 3.05) is 13.2 Å². The molecule has 0 radical (unpaired) electrons. The molecule has 0 aromatic carbocycles. The number of nitrogens with one attached hydrogen (secondary N) is 1. The zero-order chi connectivity index (χ0) is 46.5. The second kappa shape index (κ2) is 54.0. The number of hydrogen-bond donors (Lipinski definition) is 3. The number of ether oxygens (including phenoxy) is 1. The van der Waals surface area contributed by atoms with Gasteiger partial charge < -0.3 is 20.3 Å². The summed E-state index contributed by atoms with van der Waals surface area (Å²) in [5.74, 6) is -0.0406. The quantitative estimate of drug-likeness (QED) is 0.0321. The number of esters is 1. The maximum atomic E-state index is 12.5. The van der Waals surface area contributed by atoms with E-state index in [0.717, 1.165) is 44.9 Å². The number of rotatable bonds is 53. The predicted molar refractivity (Wildman–Crippen MR) is 278 cm³/mol. The Bertz CT molecular complexity index is 997. The molecular weight excluding hydrogens is 791 g/mol. The van der Waals surface area contributed by atoms with Crippen LogP contribution in [0.5, 0.6) is 0 Å². The lowest BCUT2D eigenvalue weighted by Gasteiger charge is -2.22. The van der Waals surface area contributed by atoms with Crippen LogP contribution < -0.4 is 5.32 Å². The van der Waals surface area contributed by atoms with Crippen LogP contribution >= 0.6 is 0 Å². The molecule has 0 heterocycles. The van der Waals surface area contributed by atoms with Crippen LogP contribution in [-0.4, -0.2) is 47.4 Å². The maximum Gasteiger partial charge on any atom is 0.305 e. The van der Waals surface area contributed by atoms with Gasteiger partial charge in [-0.2, -0.15) is 0 Å². The number of allylic oxidation sites excluding steroid dienone is 4. The van der Waals surface area contributed by atoms with E-state index in [1.54, 1.807) is 0 Å². The third-order valence-electron chi connectivity index (χ3n) is 13.2. The summed E-state index contributed by atoms with van der Waals surface area (Å²) in [5, 5.41) is 23.2. The number of unbranched alkanes of at least 4 members (excludes halogenated alkanes) is 38. The second-order valence-corrected chi connectivity index (χ2v) is 19.6. The minimum absolute atomic E-state index is 0.000329. The Balaban J connectivity index is 3.41. The van der Waals surface area contributed by atoms with Crippen LogP contribution in [0.25, 0.3) is 0 Å². The van der Waals surface area contributed by atoms with Gasteiger partial charge in [-0.25, -0.2) is 0 Å². The summed E-state index contributed by atoms with van der Waals surface area (Å²) < 4.78 is 5.45. The summed E-state index contributed by atoms with van der Waals surface area (Å²) in [6.07, 6.45) is 64.6. The van der Waals surface area contributed by atoms with E-state index < -0.39 is 12.1 Å². The van der Waals surface area contributed by atoms with E-state index in [1.165, 1.54) is 231 Å². The van der Waals surface area contributed by atoms with Crippen molar-refractivity contribution in [2.24, 2.45) is 0 Å². The zero-order valence-electron chi connectivity index (χ0n) is 43.0. The van der Waals surface area contributed by atoms with Crippen LogP contribution in [0.1, 0.15) is 309 Å². The standard InChI is InChI=1S/C58H111NO5/c1-3-5-7-9-11-13-15-27-31-34-38-42-46-50-56(61)55(54-60)59-57(62)51-47-43-39-35-32-28-25-23-21-19-17-16-18-20-22-24-26-29-33-37-41-45-49-53-64-58(63)52-48-44-40-36-30-14-12-10-8-6-4-2/h10,12,19,21,55-56,60-61H,3-9,11,13-18,20,22-54H2,1-2H3,(H,59,62)/b12-10-,21-19-. The Morgan fingerprint density at radius 1 is 0.422 bits per heavy atom. The van der Waals surface area contributed by atoms with Crippen molar-refractivity contribution in [2.45, 2.75) is 321 Å². The highest BCUT2D eigenvalue weighted by Crippen LogP contribution is 2.17. The molecule has 0 spiro atoms. The molecule has 0 rings (SSSR count). The van der Waals surface area contributed by atoms with Gasteiger partial charge in [0.05, 0.1) is 25.4 Å². The molecule has 0 saturated carbocycles. The Kier molecular flexibility index (Phi) is 52.6. The molecule has 0 aliphatic rings. The molecule has 6 heteroatoms. The van der Waals surface area contributed by atoms with Crippen molar-refractivity contribution in [3.05, 3.63) is 24.3 Å². The van der Waals surface area contributed by atoms with Gasteiger partial charge in [-0.05, 0) is 70.6 Å². The van der Waals surface area contributed by atoms with Crippen molar-refractivity contribution in [1.82, 2.24) is 5.32 Å². The van der Waals surface area contributed by atoms with Crippen molar-refractivity contribution in [3.8, 4) is 0 Å². The van der Waals surface area contributed by atoms with Gasteiger partial charge in [-0.1, -0.05) is 250 Å². The molecule has 378 valence electrons. The van der Waals surface area contributed by atoms with Crippen molar-refractivity contribution in [1.29, 1.82) is 0 Å². The molecule has 1 amide bonds. The summed E-state index contributed by atoms with van der Waals surface area (Å²) >= 11 is 0. The van der Waals surface area contributed by atoms with Crippen molar-refractivity contribution in [3.63, 3.8) is 0 Å². The zero-order valence-corrected chi connectivity index (χ0v) is 43.0. The molecule has 0 aliphatic carbocycles. The number of amides is 1. The van der Waals surface area contributed by atoms with Crippen LogP contribution in [0, 0.1) is 0 Å². The largest absolute Gasteiger partial charge is 0.466 e. The van der Waals surface area contributed by atoms with E-state index in [4.69, 9.17) is 4.74 Å². The van der Waals surface area contributed by atoms with Gasteiger partial charge in [0.25, 0.3) is 0 Å². The van der Waals surface area contributed by atoms with Gasteiger partial charge in [0.15, 0.2) is 0 Å². The minimum atomic E-state index is -0.667. The van der Waals surface area contributed by atoms with Gasteiger partial charge in [-0.15, -0.1) is 0 Å². The summed E-state index contributed by atoms with van der Waals surface area (Å²) in [5.41, 5.74) is 0. The van der Waals surface area contributed by atoms with E-state index >= 15 is 0 Å². The molecule has 6 nitrogen and oxygen atoms in total. The lowest BCUT2D eigenvalue weighted by Crippen LogP contribution is -2.45. The molecule has 2 atom stereocenters. The average molecular weight is 903 g/mol. The Morgan fingerprint density at radius 3 is 1.16 bits per heavy atom. The average Bonchev–Trinajstić information content (AvgIpc) is 3.29. The van der Waals surface area contributed by atoms with E-state index in [0.29, 0.717) is 25.9 Å². The lowest BCUT2D eigenvalue weighted by atomic mass is 10.0. The normalized spacial score (nSPS) is 12.8. The first-order chi connectivity index (χ1) is 31.5. The fourth-order valence-corrected chi connectivity index (χ4v) is 8.79. The molecule has 0 aliphatic heterocycles. The van der Waals surface area contributed by atoms with Crippen LogP contribution in [-0.2, 0) is 14.3 Å². The molecular formula is C58H111NO5. The molecule has 0 bridgehead atoms. The molecule has 64 heavy (non-hydrogen) atoms. The van der Waals surface area contributed by atoms with Crippen molar-refractivity contribution >= 4 is 11.9 Å². The first kappa shape index (κ1) is 62.3. The molecule has 0 saturated heterocycles. The van der Waals surface area contributed by atoms with Gasteiger partial charge in [0.2, 0.25) is 5.91 Å². The third kappa shape index (κ3) is 49.8. The van der Waals surface area contributed by atoms with Crippen LogP contribution in [0.4, 0.5) is 0 Å². The smallest absolute Gasteiger partial charge is 0.305 e. The highest BCUT2D eigenvalue weighted by Gasteiger charge is 2.20. The summed E-state index contributed by atoms with van der Waals surface area (Å²) in [7, 11) is 0. The Morgan fingerprint density at radius 2 is 0.750 bits per heavy atom. The van der Waals surface area contributed by atoms with E-state index in [2.05, 4.69) is 43.5 Å². The molecule has 0 aromatic rings. The maximum absolute atomic E-state index is 12.5. The van der Waals surface area contributed by atoms with Crippen LogP contribution in [0.3, 0.4) is 0 Å². The number of aliphatic hydroxyl groups is 2. The minimum Gasteiger partial charge on any atom is -0.466 e. The third-order valence-corrected chi connectivity index (χ3v) is 13.2. The number of aliphatic hydroxyl groups excluding tert-OH is 2. The fourth-order valence-electron chi connectivity index (χ4n) is 8.79. The van der Waals surface area contributed by atoms with Crippen molar-refractivity contribution < 1.29 is 24.5 Å². The summed E-state index contributed by atoms with van der Waals surface area (Å²) in [6, 6.07) is -0.545. The first-order valence-electron chi connectivity index (χ1n) is 28.6. The van der Waals surface area contributed by atoms with E-state index in [-0.39, 0.29) is 18.5 Å². The fraction of sp³-hybridized carbons (Fsp3) is 0.897. The van der Waals surface area contributed by atoms with E-state index in [9.17, 15) is 19.8 Å². The van der Waals surface area contributed by atoms with Gasteiger partial charge in [0, 0.05) is 12.8 Å². The highest BCUT2D eigenvalue weighted by molar-refractivity contribution is 5.76. The molecule has 0 aromatic heterocycles. The highest BCUT2D eigenvalue weighted by atomic mass is 16.5. The van der Waals surface area contributed by atoms with Crippen LogP contribution in [0.15, 0.2) is 24.3 Å². The lowest BCUT2D eigenvalue weighted by molar-refractivity contribution is -0.143. The number of hydrogen-bond acceptors (Lipinski definition) is 5. The molecule has 2 unspecified atom stereocenters. The first-order valence-corrected chi connectivity index (χ1v) is 28.6. The molecule has 0 fully saturated rings. The van der Waals surface area contributed by atoms with Gasteiger partial charge in [0.1, 0.15) is 0 Å². The topological polar surface area (TPSA) is 95.9 Å². The van der Waals surface area contributed by atoms with Gasteiger partial charge in [-0.3, -0.25) is 9.59 Å². The SMILES string of the molecule is CCCC/C=C\CCCCCCCC(=O)OCCCCCCCCCCCCCC/C=C\CCCCCCCCCC(=O)NC(CO)C(O)CCCCCCCCCCCCCCC. The van der Waals surface area contributed by atoms with E-state index in [1.807, 2.05) is 0 Å². The summed E-state index contributed by atoms with van der Waals surface area (Å²) in [4.78, 5) is 24.4. The Hall–Kier alpha value is -1.66. The predicted octanol–water partition coefficient (Wildman–Crippen LogP) is 17.5. The summed E-state index contributed by atoms with van der Waals surface area (Å²) in [6.45, 7) is 4.91. The van der Waals surface area contributed by atoms with Crippen LogP contribution in [0.2, 0.25) is 0 Å². The Labute approximate surface area is 399 Å².